The Labute approximate surface area is 141 Å². The first kappa shape index (κ1) is 18.4. The summed E-state index contributed by atoms with van der Waals surface area (Å²) in [5, 5.41) is 17.6. The van der Waals surface area contributed by atoms with E-state index in [1.807, 2.05) is 50.2 Å². The molecule has 0 fully saturated rings. The van der Waals surface area contributed by atoms with Crippen molar-refractivity contribution in [1.29, 1.82) is 0 Å². The molecule has 0 radical (unpaired) electrons. The van der Waals surface area contributed by atoms with Crippen LogP contribution >= 0.6 is 15.9 Å². The van der Waals surface area contributed by atoms with E-state index in [-0.39, 0.29) is 0 Å². The van der Waals surface area contributed by atoms with Crippen LogP contribution in [0.4, 0.5) is 0 Å². The number of benzene rings is 2. The Morgan fingerprint density at radius 1 is 0.818 bits per heavy atom. The van der Waals surface area contributed by atoms with Gasteiger partial charge >= 0.3 is 7.12 Å². The van der Waals surface area contributed by atoms with Gasteiger partial charge in [-0.25, -0.2) is 0 Å². The highest BCUT2D eigenvalue weighted by molar-refractivity contribution is 9.10. The summed E-state index contributed by atoms with van der Waals surface area (Å²) >= 11 is 3.36. The summed E-state index contributed by atoms with van der Waals surface area (Å²) < 4.78 is 1.11. The molecule has 0 aliphatic rings. The fourth-order valence-corrected chi connectivity index (χ4v) is 1.94. The number of rotatable bonds is 3. The lowest BCUT2D eigenvalue weighted by molar-refractivity contribution is 0.426. The van der Waals surface area contributed by atoms with Crippen LogP contribution in [0.5, 0.6) is 0 Å². The second kappa shape index (κ2) is 8.74. The average Bonchev–Trinajstić information content (AvgIpc) is 2.48. The van der Waals surface area contributed by atoms with Crippen LogP contribution < -0.4 is 5.46 Å². The maximum absolute atomic E-state index is 8.79. The first-order chi connectivity index (χ1) is 10.3. The van der Waals surface area contributed by atoms with E-state index in [1.54, 1.807) is 12.1 Å². The maximum Gasteiger partial charge on any atom is 0.488 e. The van der Waals surface area contributed by atoms with Gasteiger partial charge in [0.15, 0.2) is 0 Å². The average molecular weight is 359 g/mol. The molecule has 0 unspecified atom stereocenters. The van der Waals surface area contributed by atoms with Gasteiger partial charge in [-0.3, -0.25) is 0 Å². The first-order valence-electron chi connectivity index (χ1n) is 6.84. The topological polar surface area (TPSA) is 40.5 Å². The molecule has 0 spiro atoms. The molecule has 0 aliphatic carbocycles. The molecule has 0 saturated heterocycles. The maximum atomic E-state index is 8.79. The molecule has 2 nitrogen and oxygen atoms in total. The number of allylic oxidation sites excluding steroid dienone is 2. The molecule has 2 N–H and O–H groups in total. The zero-order chi connectivity index (χ0) is 16.7. The van der Waals surface area contributed by atoms with Crippen molar-refractivity contribution in [2.45, 2.75) is 13.8 Å². The smallest absolute Gasteiger partial charge is 0.423 e. The Morgan fingerprint density at radius 3 is 1.50 bits per heavy atom. The molecule has 0 amide bonds. The van der Waals surface area contributed by atoms with Crippen LogP contribution in [-0.2, 0) is 0 Å². The lowest BCUT2D eigenvalue weighted by atomic mass is 9.80. The molecule has 2 aromatic rings. The third kappa shape index (κ3) is 6.02. The van der Waals surface area contributed by atoms with E-state index < -0.39 is 7.12 Å². The van der Waals surface area contributed by atoms with Gasteiger partial charge in [0.1, 0.15) is 0 Å². The lowest BCUT2D eigenvalue weighted by Crippen LogP contribution is -2.29. The molecule has 114 valence electrons. The fraction of sp³-hybridized carbons (Fsp3) is 0.111. The van der Waals surface area contributed by atoms with Crippen LogP contribution in [-0.4, -0.2) is 17.2 Å². The molecule has 0 atom stereocenters. The second-order valence-electron chi connectivity index (χ2n) is 5.06. The van der Waals surface area contributed by atoms with Gasteiger partial charge in [-0.15, -0.1) is 0 Å². The summed E-state index contributed by atoms with van der Waals surface area (Å²) in [4.78, 5) is 0. The number of halogens is 1. The van der Waals surface area contributed by atoms with Crippen molar-refractivity contribution in [2.75, 3.05) is 0 Å². The summed E-state index contributed by atoms with van der Waals surface area (Å²) in [6.45, 7) is 11.5. The molecule has 0 bridgehead atoms. The van der Waals surface area contributed by atoms with Crippen molar-refractivity contribution < 1.29 is 10.0 Å². The highest BCUT2D eigenvalue weighted by Crippen LogP contribution is 2.15. The first-order valence-corrected chi connectivity index (χ1v) is 7.64. The Hall–Kier alpha value is -1.62. The van der Waals surface area contributed by atoms with Crippen molar-refractivity contribution in [2.24, 2.45) is 0 Å². The molecule has 2 aromatic carbocycles. The van der Waals surface area contributed by atoms with Gasteiger partial charge in [0.05, 0.1) is 0 Å². The van der Waals surface area contributed by atoms with E-state index in [4.69, 9.17) is 10.0 Å². The van der Waals surface area contributed by atoms with Crippen LogP contribution in [0.2, 0.25) is 0 Å². The van der Waals surface area contributed by atoms with Gasteiger partial charge in [0, 0.05) is 4.47 Å². The monoisotopic (exact) mass is 358 g/mol. The highest BCUT2D eigenvalue weighted by atomic mass is 79.9. The van der Waals surface area contributed by atoms with E-state index in [1.165, 1.54) is 5.56 Å². The zero-order valence-electron chi connectivity index (χ0n) is 12.9. The largest absolute Gasteiger partial charge is 0.488 e. The van der Waals surface area contributed by atoms with Crippen LogP contribution in [0.25, 0.3) is 11.1 Å². The second-order valence-corrected chi connectivity index (χ2v) is 5.98. The van der Waals surface area contributed by atoms with Crippen LogP contribution in [0, 0.1) is 0 Å². The molecular weight excluding hydrogens is 339 g/mol. The molecule has 0 saturated carbocycles. The summed E-state index contributed by atoms with van der Waals surface area (Å²) in [6, 6.07) is 15.1. The predicted molar refractivity (Wildman–Crippen MR) is 99.8 cm³/mol. The van der Waals surface area contributed by atoms with E-state index >= 15 is 0 Å². The quantitative estimate of drug-likeness (QED) is 0.817. The van der Waals surface area contributed by atoms with Gasteiger partial charge < -0.3 is 10.0 Å². The zero-order valence-corrected chi connectivity index (χ0v) is 14.5. The van der Waals surface area contributed by atoms with E-state index in [2.05, 4.69) is 29.1 Å². The standard InChI is InChI=1S/C9H11BO2.C9H9Br/c1-7(2)8-3-5-9(6-4-8)10(11)12;1-7(2)8-3-5-9(10)6-4-8/h3-6,11-12H,1H2,2H3;3-6H,1H2,2H3. The minimum atomic E-state index is -1.39. The molecular formula is C18H20BBrO2. The normalized spacial score (nSPS) is 9.50. The summed E-state index contributed by atoms with van der Waals surface area (Å²) in [7, 11) is -1.39. The van der Waals surface area contributed by atoms with E-state index in [0.29, 0.717) is 5.46 Å². The van der Waals surface area contributed by atoms with Crippen molar-refractivity contribution in [3.8, 4) is 0 Å². The van der Waals surface area contributed by atoms with Crippen LogP contribution in [0.3, 0.4) is 0 Å². The van der Waals surface area contributed by atoms with Crippen molar-refractivity contribution >= 4 is 39.7 Å². The van der Waals surface area contributed by atoms with Gasteiger partial charge in [0.2, 0.25) is 0 Å². The van der Waals surface area contributed by atoms with Crippen LogP contribution in [0.15, 0.2) is 66.2 Å². The summed E-state index contributed by atoms with van der Waals surface area (Å²) in [6.07, 6.45) is 0. The number of hydrogen-bond donors (Lipinski definition) is 2. The third-order valence-corrected chi connectivity index (χ3v) is 3.57. The molecule has 0 heterocycles. The van der Waals surface area contributed by atoms with Gasteiger partial charge in [0.25, 0.3) is 0 Å². The molecule has 0 aromatic heterocycles. The van der Waals surface area contributed by atoms with Gasteiger partial charge in [-0.2, -0.15) is 0 Å². The Kier molecular flexibility index (Phi) is 7.32. The minimum absolute atomic E-state index is 0.500. The number of hydrogen-bond acceptors (Lipinski definition) is 2. The Bertz CT molecular complexity index is 631. The fourth-order valence-electron chi connectivity index (χ4n) is 1.67. The van der Waals surface area contributed by atoms with Gasteiger partial charge in [-0.1, -0.05) is 76.6 Å². The third-order valence-electron chi connectivity index (χ3n) is 3.04. The minimum Gasteiger partial charge on any atom is -0.423 e. The molecule has 4 heteroatoms. The van der Waals surface area contributed by atoms with E-state index in [0.717, 1.165) is 21.2 Å². The Morgan fingerprint density at radius 2 is 1.18 bits per heavy atom. The molecule has 22 heavy (non-hydrogen) atoms. The van der Waals surface area contributed by atoms with Crippen molar-refractivity contribution in [3.63, 3.8) is 0 Å². The lowest BCUT2D eigenvalue weighted by Gasteiger charge is -2.01. The van der Waals surface area contributed by atoms with Crippen molar-refractivity contribution in [3.05, 3.63) is 77.3 Å². The van der Waals surface area contributed by atoms with E-state index in [9.17, 15) is 0 Å². The molecule has 0 aliphatic heterocycles. The predicted octanol–water partition coefficient (Wildman–Crippen LogP) is 3.88. The van der Waals surface area contributed by atoms with Gasteiger partial charge in [-0.05, 0) is 42.6 Å². The summed E-state index contributed by atoms with van der Waals surface area (Å²) in [5.74, 6) is 0. The molecule has 2 rings (SSSR count). The summed E-state index contributed by atoms with van der Waals surface area (Å²) in [5.41, 5.74) is 4.78. The Balaban J connectivity index is 0.000000224. The highest BCUT2D eigenvalue weighted by Gasteiger charge is 2.09. The SMILES string of the molecule is C=C(C)c1ccc(B(O)O)cc1.C=C(C)c1ccc(Br)cc1. The van der Waals surface area contributed by atoms with Crippen LogP contribution in [0.1, 0.15) is 25.0 Å². The van der Waals surface area contributed by atoms with Crippen molar-refractivity contribution in [1.82, 2.24) is 0 Å².